The van der Waals surface area contributed by atoms with Crippen LogP contribution in [0.15, 0.2) is 46.2 Å². The summed E-state index contributed by atoms with van der Waals surface area (Å²) in [6.45, 7) is 9.01. The number of aryl methyl sites for hydroxylation is 2. The summed E-state index contributed by atoms with van der Waals surface area (Å²) in [5.41, 5.74) is 3.75. The summed E-state index contributed by atoms with van der Waals surface area (Å²) in [7, 11) is -8.84. The van der Waals surface area contributed by atoms with E-state index in [2.05, 4.69) is 27.7 Å². The van der Waals surface area contributed by atoms with Gasteiger partial charge in [0.2, 0.25) is 0 Å². The third kappa shape index (κ3) is 37.6. The van der Waals surface area contributed by atoms with E-state index in [1.165, 1.54) is 230 Å². The van der Waals surface area contributed by atoms with Crippen molar-refractivity contribution < 1.29 is 25.9 Å². The molecule has 0 unspecified atom stereocenters. The minimum atomic E-state index is -4.42. The van der Waals surface area contributed by atoms with Crippen LogP contribution in [-0.2, 0) is 45.9 Å². The van der Waals surface area contributed by atoms with Gasteiger partial charge in [-0.1, -0.05) is 283 Å². The van der Waals surface area contributed by atoms with E-state index in [0.29, 0.717) is 12.8 Å². The summed E-state index contributed by atoms with van der Waals surface area (Å²) < 4.78 is 71.2. The molecule has 0 aliphatic heterocycles. The average molecular weight is 1190 g/mol. The fraction of sp³-hybridized carbons (Fsp3) is 0.800. The fourth-order valence-electron chi connectivity index (χ4n) is 9.91. The van der Waals surface area contributed by atoms with Crippen LogP contribution in [-0.4, -0.2) is 53.2 Å². The van der Waals surface area contributed by atoms with Gasteiger partial charge < -0.3 is 9.11 Å². The van der Waals surface area contributed by atoms with Crippen LogP contribution in [0.5, 0.6) is 0 Å². The molecule has 0 N–H and O–H groups in total. The van der Waals surface area contributed by atoms with Crippen LogP contribution in [0.2, 0.25) is 0 Å². The first-order valence-corrected chi connectivity index (χ1v) is 32.0. The first-order valence-electron chi connectivity index (χ1n) is 29.1. The third-order valence-electron chi connectivity index (χ3n) is 14.2. The number of unbranched alkanes of at least 4 members (excludes halogenated alkanes) is 36. The van der Waals surface area contributed by atoms with Crippen LogP contribution in [0.4, 0.5) is 0 Å². The molecule has 0 saturated carbocycles. The Balaban J connectivity index is 0.00000132. The van der Waals surface area contributed by atoms with Crippen LogP contribution in [0.3, 0.4) is 0 Å². The molecule has 0 fully saturated rings. The van der Waals surface area contributed by atoms with Gasteiger partial charge >= 0.3 is 0 Å². The van der Waals surface area contributed by atoms with Crippen molar-refractivity contribution in [1.29, 1.82) is 0 Å². The van der Waals surface area contributed by atoms with E-state index in [9.17, 15) is 25.9 Å². The van der Waals surface area contributed by atoms with Gasteiger partial charge in [-0.3, -0.25) is 0 Å². The SMILES string of the molecule is CCCCCCCCCCCCc1cccc(S(=O)(=O)[O-])c1CCCCCCCCCCCC.CCCCCCCCCCCCc1cccc(S(=O)(=O)[O-])c1CCCCCCCCCCCC.[Pb]. The Labute approximate surface area is 449 Å². The first-order chi connectivity index (χ1) is 33.0. The van der Waals surface area contributed by atoms with Crippen molar-refractivity contribution in [1.82, 2.24) is 0 Å². The molecule has 0 heterocycles. The molecule has 400 valence electrons. The van der Waals surface area contributed by atoms with Gasteiger partial charge in [-0.25, -0.2) is 16.8 Å². The second-order valence-corrected chi connectivity index (χ2v) is 23.1. The zero-order chi connectivity index (χ0) is 49.8. The monoisotopic (exact) mass is 1190 g/mol. The maximum atomic E-state index is 11.9. The predicted octanol–water partition coefficient (Wildman–Crippen LogP) is 18.7. The van der Waals surface area contributed by atoms with E-state index < -0.39 is 20.2 Å². The standard InChI is InChI=1S/2C30H54O3S.Pb/c2*1-3-5-7-9-11-13-15-17-19-21-24-28-25-23-27-30(34(31,32)33)29(28)26-22-20-18-16-14-12-10-8-6-4-2;/h2*23,25,27H,3-22,24,26H2,1-2H3,(H,31,32,33);/p-2. The Morgan fingerprint density at radius 3 is 0.681 bits per heavy atom. The predicted molar refractivity (Wildman–Crippen MR) is 297 cm³/mol. The molecule has 4 radical (unpaired) electrons. The maximum Gasteiger partial charge on any atom is 0.124 e. The van der Waals surface area contributed by atoms with Crippen LogP contribution in [0, 0.1) is 0 Å². The van der Waals surface area contributed by atoms with Gasteiger partial charge in [0.15, 0.2) is 0 Å². The van der Waals surface area contributed by atoms with E-state index in [4.69, 9.17) is 0 Å². The van der Waals surface area contributed by atoms with Crippen molar-refractivity contribution in [3.63, 3.8) is 0 Å². The normalized spacial score (nSPS) is 11.7. The molecule has 69 heavy (non-hydrogen) atoms. The van der Waals surface area contributed by atoms with Gasteiger partial charge in [-0.15, -0.1) is 0 Å². The van der Waals surface area contributed by atoms with E-state index in [1.807, 2.05) is 12.1 Å². The Morgan fingerprint density at radius 2 is 0.478 bits per heavy atom. The maximum absolute atomic E-state index is 11.9. The molecular weight excluding hydrogens is 1090 g/mol. The molecule has 0 aliphatic rings. The largest absolute Gasteiger partial charge is 0.744 e. The van der Waals surface area contributed by atoms with Crippen molar-refractivity contribution in [3.05, 3.63) is 58.7 Å². The Bertz CT molecular complexity index is 1550. The Morgan fingerprint density at radius 1 is 0.290 bits per heavy atom. The number of benzene rings is 2. The quantitative estimate of drug-likeness (QED) is 0.0371. The summed E-state index contributed by atoms with van der Waals surface area (Å²) >= 11 is 0. The second-order valence-electron chi connectivity index (χ2n) is 20.4. The zero-order valence-electron chi connectivity index (χ0n) is 45.3. The zero-order valence-corrected chi connectivity index (χ0v) is 50.9. The smallest absolute Gasteiger partial charge is 0.124 e. The number of rotatable bonds is 46. The van der Waals surface area contributed by atoms with Crippen molar-refractivity contribution >= 4 is 47.5 Å². The van der Waals surface area contributed by atoms with E-state index in [1.54, 1.807) is 12.1 Å². The summed E-state index contributed by atoms with van der Waals surface area (Å²) in [5.74, 6) is 0. The van der Waals surface area contributed by atoms with Crippen LogP contribution in [0.25, 0.3) is 0 Å². The molecule has 2 rings (SSSR count). The molecule has 9 heteroatoms. The summed E-state index contributed by atoms with van der Waals surface area (Å²) in [6, 6.07) is 10.6. The van der Waals surface area contributed by atoms with Crippen LogP contribution >= 0.6 is 0 Å². The van der Waals surface area contributed by atoms with Crippen molar-refractivity contribution in [2.24, 2.45) is 0 Å². The molecule has 2 aromatic carbocycles. The molecule has 0 bridgehead atoms. The summed E-state index contributed by atoms with van der Waals surface area (Å²) in [6.07, 6.45) is 54.0. The first kappa shape index (κ1) is 68.2. The molecule has 0 aromatic heterocycles. The minimum Gasteiger partial charge on any atom is -0.744 e. The Hall–Kier alpha value is -0.818. The molecule has 2 aromatic rings. The number of hydrogen-bond acceptors (Lipinski definition) is 6. The number of hydrogen-bond donors (Lipinski definition) is 0. The summed E-state index contributed by atoms with van der Waals surface area (Å²) in [5, 5.41) is 0. The molecule has 0 aliphatic carbocycles. The van der Waals surface area contributed by atoms with Gasteiger partial charge in [0.05, 0.1) is 9.79 Å². The molecule has 0 atom stereocenters. The van der Waals surface area contributed by atoms with Crippen molar-refractivity contribution in [3.8, 4) is 0 Å². The van der Waals surface area contributed by atoms with Gasteiger partial charge in [-0.2, -0.15) is 0 Å². The van der Waals surface area contributed by atoms with Gasteiger partial charge in [0.25, 0.3) is 0 Å². The fourth-order valence-corrected chi connectivity index (χ4v) is 11.5. The van der Waals surface area contributed by atoms with Crippen molar-refractivity contribution in [2.75, 3.05) is 0 Å². The van der Waals surface area contributed by atoms with E-state index >= 15 is 0 Å². The minimum absolute atomic E-state index is 0. The van der Waals surface area contributed by atoms with Gasteiger partial charge in [0, 0.05) is 27.3 Å². The topological polar surface area (TPSA) is 114 Å². The Kier molecular flexibility index (Phi) is 46.4. The molecule has 0 amide bonds. The molecule has 0 spiro atoms. The summed E-state index contributed by atoms with van der Waals surface area (Å²) in [4.78, 5) is 0.0426. The van der Waals surface area contributed by atoms with Crippen LogP contribution < -0.4 is 0 Å². The molecule has 6 nitrogen and oxygen atoms in total. The van der Waals surface area contributed by atoms with E-state index in [0.717, 1.165) is 73.6 Å². The van der Waals surface area contributed by atoms with Gasteiger partial charge in [0.1, 0.15) is 20.2 Å². The van der Waals surface area contributed by atoms with Crippen LogP contribution in [0.1, 0.15) is 307 Å². The second kappa shape index (κ2) is 46.9. The van der Waals surface area contributed by atoms with E-state index in [-0.39, 0.29) is 37.1 Å². The average Bonchev–Trinajstić information content (AvgIpc) is 3.31. The molecule has 0 saturated heterocycles. The van der Waals surface area contributed by atoms with Gasteiger partial charge in [-0.05, 0) is 85.8 Å². The molecular formula is C60H106O6PbS2-2. The third-order valence-corrected chi connectivity index (χ3v) is 16.0. The van der Waals surface area contributed by atoms with Crippen molar-refractivity contribution in [2.45, 2.75) is 320 Å².